The maximum atomic E-state index is 12.3. The number of amides is 2. The Labute approximate surface area is 129 Å². The van der Waals surface area contributed by atoms with Gasteiger partial charge in [0.2, 0.25) is 0 Å². The molecule has 2 aromatic carbocycles. The van der Waals surface area contributed by atoms with Crippen LogP contribution < -0.4 is 10.1 Å². The SMILES string of the molecule is COc1ccc(CN2N=C(C)c3ccccc3NC2=O)cc1. The molecule has 1 N–H and O–H groups in total. The summed E-state index contributed by atoms with van der Waals surface area (Å²) in [5.41, 5.74) is 3.51. The number of anilines is 1. The van der Waals surface area contributed by atoms with Crippen molar-refractivity contribution in [3.05, 3.63) is 59.7 Å². The number of nitrogens with zero attached hydrogens (tertiary/aromatic N) is 2. The van der Waals surface area contributed by atoms with Crippen LogP contribution in [-0.4, -0.2) is 23.9 Å². The fourth-order valence-corrected chi connectivity index (χ4v) is 2.38. The molecule has 5 heteroatoms. The van der Waals surface area contributed by atoms with Crippen molar-refractivity contribution in [1.29, 1.82) is 0 Å². The van der Waals surface area contributed by atoms with E-state index in [1.165, 1.54) is 5.01 Å². The number of rotatable bonds is 3. The maximum absolute atomic E-state index is 12.3. The molecule has 2 amide bonds. The Kier molecular flexibility index (Phi) is 3.78. The number of fused-ring (bicyclic) bond motifs is 1. The van der Waals surface area contributed by atoms with Crippen LogP contribution in [0.15, 0.2) is 53.6 Å². The van der Waals surface area contributed by atoms with Gasteiger partial charge in [0, 0.05) is 5.56 Å². The summed E-state index contributed by atoms with van der Waals surface area (Å²) < 4.78 is 5.14. The minimum atomic E-state index is -0.236. The molecule has 1 aliphatic heterocycles. The first-order chi connectivity index (χ1) is 10.7. The van der Waals surface area contributed by atoms with Gasteiger partial charge in [-0.15, -0.1) is 0 Å². The van der Waals surface area contributed by atoms with Gasteiger partial charge in [0.15, 0.2) is 0 Å². The van der Waals surface area contributed by atoms with Gasteiger partial charge in [0.1, 0.15) is 5.75 Å². The van der Waals surface area contributed by atoms with E-state index in [0.29, 0.717) is 6.54 Å². The van der Waals surface area contributed by atoms with Gasteiger partial charge in [-0.1, -0.05) is 30.3 Å². The first-order valence-electron chi connectivity index (χ1n) is 7.03. The van der Waals surface area contributed by atoms with E-state index in [1.54, 1.807) is 7.11 Å². The number of hydrazone groups is 1. The molecule has 0 aromatic heterocycles. The number of hydrogen-bond donors (Lipinski definition) is 1. The zero-order valence-corrected chi connectivity index (χ0v) is 12.5. The molecule has 112 valence electrons. The van der Waals surface area contributed by atoms with E-state index >= 15 is 0 Å². The lowest BCUT2D eigenvalue weighted by molar-refractivity contribution is 0.212. The first-order valence-corrected chi connectivity index (χ1v) is 7.03. The Morgan fingerprint density at radius 3 is 2.59 bits per heavy atom. The molecule has 0 bridgehead atoms. The van der Waals surface area contributed by atoms with Crippen LogP contribution in [0.3, 0.4) is 0 Å². The molecule has 0 spiro atoms. The summed E-state index contributed by atoms with van der Waals surface area (Å²) in [7, 11) is 1.63. The van der Waals surface area contributed by atoms with Crippen molar-refractivity contribution in [2.24, 2.45) is 5.10 Å². The molecule has 0 unspecified atom stereocenters. The topological polar surface area (TPSA) is 53.9 Å². The van der Waals surface area contributed by atoms with Crippen LogP contribution in [-0.2, 0) is 6.54 Å². The Hall–Kier alpha value is -2.82. The van der Waals surface area contributed by atoms with Crippen LogP contribution in [0.25, 0.3) is 0 Å². The highest BCUT2D eigenvalue weighted by Gasteiger charge is 2.20. The number of hydrogen-bond acceptors (Lipinski definition) is 3. The molecule has 0 radical (unpaired) electrons. The fourth-order valence-electron chi connectivity index (χ4n) is 2.38. The summed E-state index contributed by atoms with van der Waals surface area (Å²) in [6.07, 6.45) is 0. The monoisotopic (exact) mass is 295 g/mol. The number of carbonyl (C=O) groups excluding carboxylic acids is 1. The van der Waals surface area contributed by atoms with Gasteiger partial charge in [0.25, 0.3) is 0 Å². The second-order valence-corrected chi connectivity index (χ2v) is 5.07. The summed E-state index contributed by atoms with van der Waals surface area (Å²) in [4.78, 5) is 12.3. The average Bonchev–Trinajstić information content (AvgIpc) is 2.66. The fraction of sp³-hybridized carbons (Fsp3) is 0.176. The van der Waals surface area contributed by atoms with Gasteiger partial charge >= 0.3 is 6.03 Å². The third-order valence-electron chi connectivity index (χ3n) is 3.55. The van der Waals surface area contributed by atoms with E-state index in [-0.39, 0.29) is 6.03 Å². The number of ether oxygens (including phenoxy) is 1. The lowest BCUT2D eigenvalue weighted by atomic mass is 10.1. The quantitative estimate of drug-likeness (QED) is 0.942. The number of methoxy groups -OCH3 is 1. The molecule has 3 rings (SSSR count). The molecule has 0 atom stereocenters. The maximum Gasteiger partial charge on any atom is 0.342 e. The highest BCUT2D eigenvalue weighted by atomic mass is 16.5. The molecule has 22 heavy (non-hydrogen) atoms. The van der Waals surface area contributed by atoms with Gasteiger partial charge in [0.05, 0.1) is 25.1 Å². The zero-order chi connectivity index (χ0) is 15.5. The normalized spacial score (nSPS) is 13.8. The number of benzene rings is 2. The van der Waals surface area contributed by atoms with E-state index in [1.807, 2.05) is 55.5 Å². The molecular formula is C17H17N3O2. The predicted octanol–water partition coefficient (Wildman–Crippen LogP) is 3.47. The molecule has 0 fully saturated rings. The third kappa shape index (κ3) is 2.79. The Morgan fingerprint density at radius 1 is 1.14 bits per heavy atom. The summed E-state index contributed by atoms with van der Waals surface area (Å²) in [5, 5.41) is 8.78. The van der Waals surface area contributed by atoms with E-state index in [4.69, 9.17) is 4.74 Å². The van der Waals surface area contributed by atoms with Crippen LogP contribution in [0.4, 0.5) is 10.5 Å². The van der Waals surface area contributed by atoms with E-state index in [2.05, 4.69) is 10.4 Å². The molecular weight excluding hydrogens is 278 g/mol. The molecule has 0 aliphatic carbocycles. The Morgan fingerprint density at radius 2 is 1.86 bits per heavy atom. The van der Waals surface area contributed by atoms with Crippen molar-refractivity contribution < 1.29 is 9.53 Å². The van der Waals surface area contributed by atoms with Crippen molar-refractivity contribution in [1.82, 2.24) is 5.01 Å². The van der Waals surface area contributed by atoms with Gasteiger partial charge in [-0.2, -0.15) is 5.10 Å². The summed E-state index contributed by atoms with van der Waals surface area (Å²) >= 11 is 0. The minimum absolute atomic E-state index is 0.236. The molecule has 1 heterocycles. The van der Waals surface area contributed by atoms with Gasteiger partial charge in [-0.05, 0) is 30.7 Å². The summed E-state index contributed by atoms with van der Waals surface area (Å²) in [6.45, 7) is 2.31. The smallest absolute Gasteiger partial charge is 0.342 e. The highest BCUT2D eigenvalue weighted by Crippen LogP contribution is 2.21. The third-order valence-corrected chi connectivity index (χ3v) is 3.55. The van der Waals surface area contributed by atoms with Gasteiger partial charge in [-0.25, -0.2) is 9.80 Å². The van der Waals surface area contributed by atoms with Crippen LogP contribution in [0.2, 0.25) is 0 Å². The van der Waals surface area contributed by atoms with Gasteiger partial charge < -0.3 is 10.1 Å². The van der Waals surface area contributed by atoms with E-state index in [0.717, 1.165) is 28.3 Å². The van der Waals surface area contributed by atoms with Crippen LogP contribution in [0.1, 0.15) is 18.1 Å². The molecule has 2 aromatic rings. The number of urea groups is 1. The molecule has 1 aliphatic rings. The van der Waals surface area contributed by atoms with E-state index in [9.17, 15) is 4.79 Å². The molecule has 5 nitrogen and oxygen atoms in total. The van der Waals surface area contributed by atoms with Crippen molar-refractivity contribution in [2.75, 3.05) is 12.4 Å². The number of nitrogens with one attached hydrogen (secondary N) is 1. The van der Waals surface area contributed by atoms with Crippen LogP contribution in [0, 0.1) is 0 Å². The Balaban J connectivity index is 1.85. The van der Waals surface area contributed by atoms with Crippen molar-refractivity contribution in [3.63, 3.8) is 0 Å². The zero-order valence-electron chi connectivity index (χ0n) is 12.5. The second-order valence-electron chi connectivity index (χ2n) is 5.07. The van der Waals surface area contributed by atoms with Crippen molar-refractivity contribution in [2.45, 2.75) is 13.5 Å². The Bertz CT molecular complexity index is 723. The highest BCUT2D eigenvalue weighted by molar-refractivity contribution is 6.08. The first kappa shape index (κ1) is 14.1. The lowest BCUT2D eigenvalue weighted by Crippen LogP contribution is -2.29. The van der Waals surface area contributed by atoms with Crippen molar-refractivity contribution >= 4 is 17.4 Å². The second kappa shape index (κ2) is 5.89. The molecule has 0 saturated carbocycles. The summed E-state index contributed by atoms with van der Waals surface area (Å²) in [5.74, 6) is 0.788. The van der Waals surface area contributed by atoms with Crippen molar-refractivity contribution in [3.8, 4) is 5.75 Å². The van der Waals surface area contributed by atoms with Crippen LogP contribution >= 0.6 is 0 Å². The van der Waals surface area contributed by atoms with Gasteiger partial charge in [-0.3, -0.25) is 0 Å². The largest absolute Gasteiger partial charge is 0.497 e. The summed E-state index contributed by atoms with van der Waals surface area (Å²) in [6, 6.07) is 15.0. The number of carbonyl (C=O) groups is 1. The number of para-hydroxylation sites is 1. The lowest BCUT2D eigenvalue weighted by Gasteiger charge is -2.16. The minimum Gasteiger partial charge on any atom is -0.497 e. The average molecular weight is 295 g/mol. The predicted molar refractivity (Wildman–Crippen MR) is 86.2 cm³/mol. The standard InChI is InChI=1S/C17H17N3O2/c1-12-15-5-3-4-6-16(15)18-17(21)20(19-12)11-13-7-9-14(22-2)10-8-13/h3-10H,11H2,1-2H3,(H,18,21). The molecule has 0 saturated heterocycles. The van der Waals surface area contributed by atoms with E-state index < -0.39 is 0 Å². The van der Waals surface area contributed by atoms with Crippen LogP contribution in [0.5, 0.6) is 5.75 Å².